The Hall–Kier alpha value is -2.29. The van der Waals surface area contributed by atoms with Crippen molar-refractivity contribution in [2.75, 3.05) is 13.1 Å². The van der Waals surface area contributed by atoms with Crippen LogP contribution in [0.2, 0.25) is 0 Å². The maximum Gasteiger partial charge on any atom is 0.387 e. The van der Waals surface area contributed by atoms with Gasteiger partial charge in [0.2, 0.25) is 17.7 Å². The molecule has 30 heavy (non-hydrogen) atoms. The molecule has 0 aromatic heterocycles. The van der Waals surface area contributed by atoms with Crippen LogP contribution in [0.1, 0.15) is 24.8 Å². The molecule has 0 N–H and O–H groups in total. The van der Waals surface area contributed by atoms with E-state index in [0.717, 1.165) is 0 Å². The molecule has 1 aromatic rings. The number of ether oxygens (including phenoxy) is 1. The molecule has 160 valence electrons. The Morgan fingerprint density at radius 1 is 1.13 bits per heavy atom. The molecule has 1 aliphatic carbocycles. The number of alkyl halides is 2. The molecule has 2 atom stereocenters. The van der Waals surface area contributed by atoms with E-state index in [1.165, 1.54) is 11.0 Å². The van der Waals surface area contributed by atoms with Crippen LogP contribution in [0.15, 0.2) is 34.8 Å². The molecule has 3 amide bonds. The van der Waals surface area contributed by atoms with Crippen molar-refractivity contribution in [1.82, 2.24) is 9.80 Å². The van der Waals surface area contributed by atoms with Crippen LogP contribution in [0.4, 0.5) is 8.78 Å². The van der Waals surface area contributed by atoms with Crippen molar-refractivity contribution in [2.24, 2.45) is 11.8 Å². The number of amides is 3. The smallest absolute Gasteiger partial charge is 0.387 e. The van der Waals surface area contributed by atoms with Crippen molar-refractivity contribution in [3.63, 3.8) is 0 Å². The summed E-state index contributed by atoms with van der Waals surface area (Å²) in [6.07, 6.45) is 5.45. The molecule has 0 radical (unpaired) electrons. The summed E-state index contributed by atoms with van der Waals surface area (Å²) >= 11 is 3.29. The van der Waals surface area contributed by atoms with E-state index >= 15 is 0 Å². The minimum absolute atomic E-state index is 0.0481. The largest absolute Gasteiger partial charge is 0.435 e. The average Bonchev–Trinajstić information content (AvgIpc) is 2.92. The zero-order chi connectivity index (χ0) is 21.4. The fourth-order valence-corrected chi connectivity index (χ4v) is 4.77. The maximum absolute atomic E-state index is 12.6. The fraction of sp³-hybridized carbons (Fsp3) is 0.476. The van der Waals surface area contributed by atoms with Crippen LogP contribution in [0.3, 0.4) is 0 Å². The lowest BCUT2D eigenvalue weighted by molar-refractivity contribution is -0.152. The molecule has 2 unspecified atom stereocenters. The second kappa shape index (κ2) is 8.45. The summed E-state index contributed by atoms with van der Waals surface area (Å²) in [6, 6.07) is 4.42. The van der Waals surface area contributed by atoms with Crippen molar-refractivity contribution >= 4 is 33.7 Å². The molecule has 4 rings (SSSR count). The summed E-state index contributed by atoms with van der Waals surface area (Å²) in [5.41, 5.74) is 0.511. The number of allylic oxidation sites excluding steroid dienone is 2. The number of hydrogen-bond acceptors (Lipinski definition) is 4. The molecule has 2 fully saturated rings. The van der Waals surface area contributed by atoms with Gasteiger partial charge in [0.25, 0.3) is 0 Å². The molecule has 0 spiro atoms. The Kier molecular flexibility index (Phi) is 5.90. The Balaban J connectivity index is 1.32. The number of halogens is 3. The molecule has 3 aliphatic rings. The Morgan fingerprint density at radius 3 is 2.37 bits per heavy atom. The van der Waals surface area contributed by atoms with Gasteiger partial charge >= 0.3 is 6.61 Å². The summed E-state index contributed by atoms with van der Waals surface area (Å²) < 4.78 is 30.4. The molecular weight excluding hydrogens is 462 g/mol. The van der Waals surface area contributed by atoms with Crippen LogP contribution in [-0.4, -0.2) is 53.3 Å². The van der Waals surface area contributed by atoms with Gasteiger partial charge in [-0.2, -0.15) is 8.78 Å². The zero-order valence-electron chi connectivity index (χ0n) is 16.1. The van der Waals surface area contributed by atoms with Crippen LogP contribution < -0.4 is 4.74 Å². The van der Waals surface area contributed by atoms with Crippen molar-refractivity contribution in [3.8, 4) is 5.75 Å². The first kappa shape index (κ1) is 21.0. The van der Waals surface area contributed by atoms with Gasteiger partial charge in [0.1, 0.15) is 5.75 Å². The monoisotopic (exact) mass is 482 g/mol. The van der Waals surface area contributed by atoms with Crippen molar-refractivity contribution in [3.05, 3.63) is 40.4 Å². The number of aryl methyl sites for hydroxylation is 1. The summed E-state index contributed by atoms with van der Waals surface area (Å²) in [5, 5.41) is 0. The summed E-state index contributed by atoms with van der Waals surface area (Å²) in [7, 11) is 0. The van der Waals surface area contributed by atoms with Gasteiger partial charge in [0.15, 0.2) is 0 Å². The quantitative estimate of drug-likeness (QED) is 0.461. The number of carbonyl (C=O) groups excluding carboxylic acids is 3. The summed E-state index contributed by atoms with van der Waals surface area (Å²) in [4.78, 5) is 40.7. The van der Waals surface area contributed by atoms with E-state index in [2.05, 4.69) is 20.7 Å². The van der Waals surface area contributed by atoms with Gasteiger partial charge in [-0.3, -0.25) is 19.3 Å². The number of carbonyl (C=O) groups is 3. The molecular formula is C21H21BrF2N2O4. The molecule has 2 aliphatic heterocycles. The minimum Gasteiger partial charge on any atom is -0.435 e. The number of benzene rings is 1. The third-order valence-electron chi connectivity index (χ3n) is 5.97. The second-order valence-electron chi connectivity index (χ2n) is 7.79. The van der Waals surface area contributed by atoms with Gasteiger partial charge in [-0.1, -0.05) is 28.1 Å². The van der Waals surface area contributed by atoms with Crippen LogP contribution in [0, 0.1) is 11.8 Å². The molecule has 0 bridgehead atoms. The highest BCUT2D eigenvalue weighted by Crippen LogP contribution is 2.37. The van der Waals surface area contributed by atoms with E-state index in [-0.39, 0.29) is 54.2 Å². The van der Waals surface area contributed by atoms with E-state index in [0.29, 0.717) is 36.0 Å². The maximum atomic E-state index is 12.6. The van der Waals surface area contributed by atoms with Crippen LogP contribution >= 0.6 is 15.9 Å². The van der Waals surface area contributed by atoms with Crippen molar-refractivity contribution in [1.29, 1.82) is 0 Å². The lowest BCUT2D eigenvalue weighted by atomic mass is 9.85. The highest BCUT2D eigenvalue weighted by molar-refractivity contribution is 9.10. The van der Waals surface area contributed by atoms with E-state index in [4.69, 9.17) is 0 Å². The Bertz CT molecular complexity index is 875. The Labute approximate surface area is 181 Å². The highest BCUT2D eigenvalue weighted by Gasteiger charge is 2.52. The van der Waals surface area contributed by atoms with Gasteiger partial charge in [0.05, 0.1) is 17.9 Å². The summed E-state index contributed by atoms with van der Waals surface area (Å²) in [6.45, 7) is -2.30. The second-order valence-corrected chi connectivity index (χ2v) is 8.70. The van der Waals surface area contributed by atoms with Gasteiger partial charge in [0, 0.05) is 24.0 Å². The zero-order valence-corrected chi connectivity index (χ0v) is 17.7. The minimum atomic E-state index is -2.94. The van der Waals surface area contributed by atoms with Gasteiger partial charge < -0.3 is 9.64 Å². The van der Waals surface area contributed by atoms with E-state index < -0.39 is 6.61 Å². The number of nitrogens with zero attached hydrogens (tertiary/aromatic N) is 2. The lowest BCUT2D eigenvalue weighted by Gasteiger charge is -2.43. The molecule has 6 nitrogen and oxygen atoms in total. The molecule has 1 aromatic carbocycles. The average molecular weight is 483 g/mol. The molecule has 2 heterocycles. The third kappa shape index (κ3) is 3.99. The van der Waals surface area contributed by atoms with Crippen molar-refractivity contribution in [2.45, 2.75) is 38.3 Å². The number of rotatable bonds is 6. The van der Waals surface area contributed by atoms with Gasteiger partial charge in [-0.15, -0.1) is 0 Å². The first-order chi connectivity index (χ1) is 14.3. The SMILES string of the molecule is O=C(CCc1cc(Br)ccc1OC(F)F)N1CC(N2C(=O)C3CC=CCC3C2=O)C1. The Morgan fingerprint density at radius 2 is 1.77 bits per heavy atom. The van der Waals surface area contributed by atoms with Gasteiger partial charge in [-0.25, -0.2) is 0 Å². The first-order valence-corrected chi connectivity index (χ1v) is 10.7. The normalized spacial score (nSPS) is 23.7. The number of imide groups is 1. The predicted molar refractivity (Wildman–Crippen MR) is 107 cm³/mol. The topological polar surface area (TPSA) is 66.9 Å². The van der Waals surface area contributed by atoms with E-state index in [1.54, 1.807) is 17.0 Å². The molecule has 2 saturated heterocycles. The first-order valence-electron chi connectivity index (χ1n) is 9.88. The van der Waals surface area contributed by atoms with Crippen molar-refractivity contribution < 1.29 is 27.9 Å². The van der Waals surface area contributed by atoms with E-state index in [1.807, 2.05) is 12.2 Å². The van der Waals surface area contributed by atoms with E-state index in [9.17, 15) is 23.2 Å². The standard InChI is InChI=1S/C21H21BrF2N2O4/c22-13-6-7-17(30-21(23)24)12(9-13)5-8-18(27)25-10-14(11-25)26-19(28)15-3-1-2-4-16(15)20(26)29/h1-2,6-7,9,14-16,21H,3-5,8,10-11H2. The van der Waals surface area contributed by atoms with Crippen LogP contribution in [0.25, 0.3) is 0 Å². The number of likely N-dealkylation sites (tertiary alicyclic amines) is 2. The summed E-state index contributed by atoms with van der Waals surface area (Å²) in [5.74, 6) is -0.892. The highest BCUT2D eigenvalue weighted by atomic mass is 79.9. The molecule has 0 saturated carbocycles. The lowest BCUT2D eigenvalue weighted by Crippen LogP contribution is -2.62. The van der Waals surface area contributed by atoms with Gasteiger partial charge in [-0.05, 0) is 43.0 Å². The van der Waals surface area contributed by atoms with Crippen LogP contribution in [0.5, 0.6) is 5.75 Å². The fourth-order valence-electron chi connectivity index (χ4n) is 4.36. The molecule has 9 heteroatoms. The number of fused-ring (bicyclic) bond motifs is 1. The predicted octanol–water partition coefficient (Wildman–Crippen LogP) is 3.15. The third-order valence-corrected chi connectivity index (χ3v) is 6.46. The number of hydrogen-bond donors (Lipinski definition) is 0. The van der Waals surface area contributed by atoms with Crippen LogP contribution in [-0.2, 0) is 20.8 Å².